The van der Waals surface area contributed by atoms with Gasteiger partial charge in [-0.25, -0.2) is 4.39 Å². The molecule has 0 fully saturated rings. The molecule has 0 aliphatic heterocycles. The number of hydrogen-bond donors (Lipinski definition) is 1. The van der Waals surface area contributed by atoms with Crippen LogP contribution in [-0.4, -0.2) is 6.54 Å². The minimum Gasteiger partial charge on any atom is -0.307 e. The van der Waals surface area contributed by atoms with Crippen LogP contribution in [0.3, 0.4) is 0 Å². The van der Waals surface area contributed by atoms with Gasteiger partial charge in [0.15, 0.2) is 0 Å². The van der Waals surface area contributed by atoms with Crippen molar-refractivity contribution in [1.29, 1.82) is 0 Å². The van der Waals surface area contributed by atoms with Crippen LogP contribution in [0.4, 0.5) is 4.39 Å². The van der Waals surface area contributed by atoms with Crippen LogP contribution in [-0.2, 0) is 6.42 Å². The Kier molecular flexibility index (Phi) is 5.51. The summed E-state index contributed by atoms with van der Waals surface area (Å²) in [5.74, 6) is -0.139. The van der Waals surface area contributed by atoms with E-state index in [1.54, 1.807) is 13.0 Å². The first-order chi connectivity index (χ1) is 10.2. The zero-order chi connectivity index (χ0) is 15.2. The van der Waals surface area contributed by atoms with E-state index in [2.05, 4.69) is 43.4 Å². The lowest BCUT2D eigenvalue weighted by Gasteiger charge is -2.20. The van der Waals surface area contributed by atoms with Crippen LogP contribution < -0.4 is 5.32 Å². The van der Waals surface area contributed by atoms with Crippen LogP contribution in [0.1, 0.15) is 48.6 Å². The molecule has 0 saturated carbocycles. The average Bonchev–Trinajstić information content (AvgIpc) is 2.48. The van der Waals surface area contributed by atoms with Crippen LogP contribution in [0.5, 0.6) is 0 Å². The van der Waals surface area contributed by atoms with Crippen LogP contribution in [0.2, 0.25) is 0 Å². The van der Waals surface area contributed by atoms with Gasteiger partial charge in [-0.2, -0.15) is 0 Å². The van der Waals surface area contributed by atoms with Crippen LogP contribution in [0.15, 0.2) is 42.5 Å². The van der Waals surface area contributed by atoms with Crippen LogP contribution in [0, 0.1) is 12.7 Å². The van der Waals surface area contributed by atoms with Crippen LogP contribution in [0.25, 0.3) is 0 Å². The summed E-state index contributed by atoms with van der Waals surface area (Å²) in [4.78, 5) is 0. The molecule has 0 aliphatic carbocycles. The van der Waals surface area contributed by atoms with E-state index in [0.717, 1.165) is 24.9 Å². The van der Waals surface area contributed by atoms with E-state index in [1.165, 1.54) is 11.1 Å². The fraction of sp³-hybridized carbons (Fsp3) is 0.368. The smallest absolute Gasteiger partial charge is 0.126 e. The van der Waals surface area contributed by atoms with Gasteiger partial charge in [-0.1, -0.05) is 56.7 Å². The molecule has 1 N–H and O–H groups in total. The topological polar surface area (TPSA) is 12.0 Å². The summed E-state index contributed by atoms with van der Waals surface area (Å²) >= 11 is 0. The monoisotopic (exact) mass is 285 g/mol. The van der Waals surface area contributed by atoms with Gasteiger partial charge in [0.25, 0.3) is 0 Å². The zero-order valence-electron chi connectivity index (χ0n) is 13.1. The molecule has 1 unspecified atom stereocenters. The molecule has 0 heterocycles. The Labute approximate surface area is 127 Å². The lowest BCUT2D eigenvalue weighted by atomic mass is 9.95. The summed E-state index contributed by atoms with van der Waals surface area (Å²) in [6, 6.07) is 14.2. The van der Waals surface area contributed by atoms with E-state index in [9.17, 15) is 4.39 Å². The highest BCUT2D eigenvalue weighted by Gasteiger charge is 2.14. The lowest BCUT2D eigenvalue weighted by Crippen LogP contribution is -2.22. The lowest BCUT2D eigenvalue weighted by molar-refractivity contribution is 0.597. The van der Waals surface area contributed by atoms with Crippen LogP contribution >= 0.6 is 0 Å². The van der Waals surface area contributed by atoms with Gasteiger partial charge in [0.1, 0.15) is 5.82 Å². The predicted octanol–water partition coefficient (Wildman–Crippen LogP) is 4.79. The van der Waals surface area contributed by atoms with Crippen molar-refractivity contribution >= 4 is 0 Å². The third kappa shape index (κ3) is 3.92. The summed E-state index contributed by atoms with van der Waals surface area (Å²) in [5, 5.41) is 3.46. The number of halogens is 1. The zero-order valence-corrected chi connectivity index (χ0v) is 13.1. The number of rotatable bonds is 6. The Hall–Kier alpha value is -1.67. The Morgan fingerprint density at radius 3 is 2.48 bits per heavy atom. The molecule has 0 spiro atoms. The van der Waals surface area contributed by atoms with E-state index in [4.69, 9.17) is 0 Å². The molecule has 0 radical (unpaired) electrons. The maximum absolute atomic E-state index is 13.9. The largest absolute Gasteiger partial charge is 0.307 e. The van der Waals surface area contributed by atoms with Crippen molar-refractivity contribution in [3.63, 3.8) is 0 Å². The number of nitrogens with one attached hydrogen (secondary N) is 1. The third-order valence-electron chi connectivity index (χ3n) is 3.76. The molecule has 2 aromatic rings. The van der Waals surface area contributed by atoms with Gasteiger partial charge in [0, 0.05) is 0 Å². The average molecular weight is 285 g/mol. The van der Waals surface area contributed by atoms with Gasteiger partial charge in [0.05, 0.1) is 6.04 Å². The predicted molar refractivity (Wildman–Crippen MR) is 87.1 cm³/mol. The molecule has 0 saturated heterocycles. The second-order valence-electron chi connectivity index (χ2n) is 5.49. The second-order valence-corrected chi connectivity index (χ2v) is 5.49. The fourth-order valence-corrected chi connectivity index (χ4v) is 2.64. The maximum Gasteiger partial charge on any atom is 0.126 e. The molecule has 2 heteroatoms. The minimum atomic E-state index is -0.139. The first-order valence-corrected chi connectivity index (χ1v) is 7.74. The number of hydrogen-bond acceptors (Lipinski definition) is 1. The van der Waals surface area contributed by atoms with Crippen molar-refractivity contribution in [3.8, 4) is 0 Å². The Balaban J connectivity index is 2.37. The van der Waals surface area contributed by atoms with Crippen molar-refractivity contribution in [1.82, 2.24) is 5.32 Å². The molecule has 0 aromatic heterocycles. The highest BCUT2D eigenvalue weighted by atomic mass is 19.1. The molecule has 0 amide bonds. The molecule has 112 valence electrons. The Bertz CT molecular complexity index is 592. The van der Waals surface area contributed by atoms with E-state index in [-0.39, 0.29) is 11.9 Å². The molecule has 0 bridgehead atoms. The van der Waals surface area contributed by atoms with Crippen molar-refractivity contribution in [3.05, 3.63) is 70.5 Å². The molecule has 21 heavy (non-hydrogen) atoms. The minimum absolute atomic E-state index is 0.0434. The van der Waals surface area contributed by atoms with Crippen molar-refractivity contribution in [2.45, 2.75) is 39.7 Å². The Morgan fingerprint density at radius 2 is 1.81 bits per heavy atom. The van der Waals surface area contributed by atoms with E-state index >= 15 is 0 Å². The van der Waals surface area contributed by atoms with Gasteiger partial charge in [-0.3, -0.25) is 0 Å². The van der Waals surface area contributed by atoms with Crippen molar-refractivity contribution in [2.75, 3.05) is 6.54 Å². The standard InChI is InChI=1S/C19H24FN/c1-4-7-15-8-6-9-16(12-15)19(21-5-2)17-11-10-14(3)18(20)13-17/h6,8-13,19,21H,4-5,7H2,1-3H3. The molecule has 2 aromatic carbocycles. The fourth-order valence-electron chi connectivity index (χ4n) is 2.64. The van der Waals surface area contributed by atoms with E-state index < -0.39 is 0 Å². The molecular weight excluding hydrogens is 261 g/mol. The highest BCUT2D eigenvalue weighted by Crippen LogP contribution is 2.25. The summed E-state index contributed by atoms with van der Waals surface area (Å²) < 4.78 is 13.9. The molecule has 2 rings (SSSR count). The molecule has 1 atom stereocenters. The van der Waals surface area contributed by atoms with Gasteiger partial charge in [-0.15, -0.1) is 0 Å². The summed E-state index contributed by atoms with van der Waals surface area (Å²) in [7, 11) is 0. The van der Waals surface area contributed by atoms with Gasteiger partial charge in [-0.05, 0) is 48.2 Å². The number of aryl methyl sites for hydroxylation is 2. The normalized spacial score (nSPS) is 12.4. The van der Waals surface area contributed by atoms with Crippen molar-refractivity contribution in [2.24, 2.45) is 0 Å². The van der Waals surface area contributed by atoms with Gasteiger partial charge in [0.2, 0.25) is 0 Å². The van der Waals surface area contributed by atoms with Gasteiger partial charge >= 0.3 is 0 Å². The summed E-state index contributed by atoms with van der Waals surface area (Å²) in [5.41, 5.74) is 4.21. The first kappa shape index (κ1) is 15.7. The summed E-state index contributed by atoms with van der Waals surface area (Å²) in [6.45, 7) is 6.90. The highest BCUT2D eigenvalue weighted by molar-refractivity contribution is 5.36. The second kappa shape index (κ2) is 7.37. The van der Waals surface area contributed by atoms with Crippen molar-refractivity contribution < 1.29 is 4.39 Å². The first-order valence-electron chi connectivity index (χ1n) is 7.74. The summed E-state index contributed by atoms with van der Waals surface area (Å²) in [6.07, 6.45) is 2.21. The number of benzene rings is 2. The molecular formula is C19H24FN. The van der Waals surface area contributed by atoms with E-state index in [0.29, 0.717) is 5.56 Å². The maximum atomic E-state index is 13.9. The quantitative estimate of drug-likeness (QED) is 0.805. The Morgan fingerprint density at radius 1 is 1.05 bits per heavy atom. The van der Waals surface area contributed by atoms with E-state index in [1.807, 2.05) is 12.1 Å². The SMILES string of the molecule is CCCc1cccc(C(NCC)c2ccc(C)c(F)c2)c1. The van der Waals surface area contributed by atoms with Gasteiger partial charge < -0.3 is 5.32 Å². The third-order valence-corrected chi connectivity index (χ3v) is 3.76. The molecule has 0 aliphatic rings. The molecule has 1 nitrogen and oxygen atoms in total.